The number of hydrogen-bond acceptors (Lipinski definition) is 9. The lowest BCUT2D eigenvalue weighted by molar-refractivity contribution is 0.0516. The highest BCUT2D eigenvalue weighted by atomic mass is 35.5. The van der Waals surface area contributed by atoms with Gasteiger partial charge in [-0.15, -0.1) is 0 Å². The summed E-state index contributed by atoms with van der Waals surface area (Å²) in [5, 5.41) is 0.520. The Bertz CT molecular complexity index is 944. The average Bonchev–Trinajstić information content (AvgIpc) is 3.17. The molecule has 166 valence electrons. The van der Waals surface area contributed by atoms with Gasteiger partial charge in [0.2, 0.25) is 11.8 Å². The second kappa shape index (κ2) is 9.80. The summed E-state index contributed by atoms with van der Waals surface area (Å²) in [5.74, 6) is 1.00. The Morgan fingerprint density at radius 2 is 2.19 bits per heavy atom. The number of fused-ring (bicyclic) bond motifs is 1. The molecule has 1 atom stereocenters. The van der Waals surface area contributed by atoms with Crippen LogP contribution in [0.5, 0.6) is 11.8 Å². The van der Waals surface area contributed by atoms with Crippen LogP contribution in [0.2, 0.25) is 5.02 Å². The minimum Gasteiger partial charge on any atom is -0.480 e. The lowest BCUT2D eigenvalue weighted by Crippen LogP contribution is -2.35. The number of anilines is 1. The van der Waals surface area contributed by atoms with Crippen molar-refractivity contribution >= 4 is 35.3 Å². The molecule has 4 rings (SSSR count). The van der Waals surface area contributed by atoms with E-state index in [-0.39, 0.29) is 12.2 Å². The molecule has 4 heterocycles. The van der Waals surface area contributed by atoms with Crippen molar-refractivity contribution < 1.29 is 23.7 Å². The molecule has 31 heavy (non-hydrogen) atoms. The molecule has 9 nitrogen and oxygen atoms in total. The third-order valence-corrected chi connectivity index (χ3v) is 6.04. The van der Waals surface area contributed by atoms with E-state index in [0.717, 1.165) is 22.6 Å². The largest absolute Gasteiger partial charge is 0.480 e. The number of carbonyl (C=O) groups excluding carboxylic acids is 1. The fourth-order valence-electron chi connectivity index (χ4n) is 3.24. The maximum atomic E-state index is 12.6. The summed E-state index contributed by atoms with van der Waals surface area (Å²) in [7, 11) is 3.46. The van der Waals surface area contributed by atoms with Crippen molar-refractivity contribution in [3.63, 3.8) is 0 Å². The van der Waals surface area contributed by atoms with Crippen LogP contribution in [-0.2, 0) is 16.0 Å². The average molecular weight is 467 g/mol. The molecule has 1 fully saturated rings. The number of aromatic nitrogens is 2. The van der Waals surface area contributed by atoms with Gasteiger partial charge in [0.15, 0.2) is 0 Å². The lowest BCUT2D eigenvalue weighted by Gasteiger charge is -2.22. The monoisotopic (exact) mass is 466 g/mol. The summed E-state index contributed by atoms with van der Waals surface area (Å²) in [6, 6.07) is 3.74. The van der Waals surface area contributed by atoms with Gasteiger partial charge in [-0.2, -0.15) is 0 Å². The molecule has 0 bridgehead atoms. The van der Waals surface area contributed by atoms with Crippen LogP contribution in [0.3, 0.4) is 0 Å². The van der Waals surface area contributed by atoms with Crippen LogP contribution in [0.15, 0.2) is 29.4 Å². The minimum atomic E-state index is -0.366. The van der Waals surface area contributed by atoms with Crippen molar-refractivity contribution in [2.45, 2.75) is 24.0 Å². The molecule has 2 aliphatic heterocycles. The van der Waals surface area contributed by atoms with Crippen LogP contribution in [-0.4, -0.2) is 67.6 Å². The van der Waals surface area contributed by atoms with Gasteiger partial charge in [0.1, 0.15) is 12.7 Å². The Kier molecular flexibility index (Phi) is 6.89. The summed E-state index contributed by atoms with van der Waals surface area (Å²) in [6.45, 7) is 2.19. The molecule has 11 heteroatoms. The van der Waals surface area contributed by atoms with Crippen molar-refractivity contribution in [2.75, 3.05) is 44.8 Å². The Morgan fingerprint density at radius 3 is 2.97 bits per heavy atom. The normalized spacial score (nSPS) is 18.0. The van der Waals surface area contributed by atoms with Gasteiger partial charge in [0.25, 0.3) is 0 Å². The molecule has 0 aliphatic carbocycles. The third-order valence-electron chi connectivity index (χ3n) is 4.86. The fraction of sp³-hybridized carbons (Fsp3) is 0.450. The molecular weight excluding hydrogens is 444 g/mol. The van der Waals surface area contributed by atoms with Crippen molar-refractivity contribution in [3.05, 3.63) is 35.1 Å². The Hall–Kier alpha value is -2.43. The van der Waals surface area contributed by atoms with Gasteiger partial charge in [-0.25, -0.2) is 14.8 Å². The SMILES string of the molecule is COc1ncc(Cl)cc1SN(C)c1cnc2c(c1)CN(C(=O)OC1CCOC1)CCO2. The highest BCUT2D eigenvalue weighted by Gasteiger charge is 2.27. The van der Waals surface area contributed by atoms with Gasteiger partial charge in [0.05, 0.1) is 55.2 Å². The van der Waals surface area contributed by atoms with Gasteiger partial charge in [-0.3, -0.25) is 0 Å². The fourth-order valence-corrected chi connectivity index (χ4v) is 4.36. The summed E-state index contributed by atoms with van der Waals surface area (Å²) in [6.07, 6.45) is 3.43. The summed E-state index contributed by atoms with van der Waals surface area (Å²) < 4.78 is 23.8. The van der Waals surface area contributed by atoms with E-state index in [2.05, 4.69) is 9.97 Å². The zero-order chi connectivity index (χ0) is 21.8. The predicted octanol–water partition coefficient (Wildman–Crippen LogP) is 3.40. The van der Waals surface area contributed by atoms with Gasteiger partial charge in [0, 0.05) is 25.2 Å². The first-order valence-corrected chi connectivity index (χ1v) is 10.9. The van der Waals surface area contributed by atoms with Crippen LogP contribution in [0.25, 0.3) is 0 Å². The molecule has 2 aromatic heterocycles. The molecule has 1 unspecified atom stereocenters. The Balaban J connectivity index is 1.49. The van der Waals surface area contributed by atoms with E-state index in [1.54, 1.807) is 24.3 Å². The molecule has 2 aromatic rings. The van der Waals surface area contributed by atoms with E-state index in [0.29, 0.717) is 49.7 Å². The number of halogens is 1. The number of ether oxygens (including phenoxy) is 4. The van der Waals surface area contributed by atoms with Crippen LogP contribution < -0.4 is 13.8 Å². The van der Waals surface area contributed by atoms with E-state index in [4.69, 9.17) is 30.5 Å². The lowest BCUT2D eigenvalue weighted by atomic mass is 10.2. The maximum absolute atomic E-state index is 12.6. The molecule has 1 amide bonds. The van der Waals surface area contributed by atoms with E-state index in [1.807, 2.05) is 17.4 Å². The van der Waals surface area contributed by atoms with Crippen LogP contribution in [0.4, 0.5) is 10.5 Å². The number of rotatable bonds is 5. The number of hydrogen-bond donors (Lipinski definition) is 0. The van der Waals surface area contributed by atoms with Crippen LogP contribution in [0.1, 0.15) is 12.0 Å². The number of nitrogens with zero attached hydrogens (tertiary/aromatic N) is 4. The highest BCUT2D eigenvalue weighted by molar-refractivity contribution is 8.00. The first kappa shape index (κ1) is 21.8. The molecule has 0 radical (unpaired) electrons. The molecule has 2 aliphatic rings. The standard InChI is InChI=1S/C20H23ClN4O5S/c1-24(31-17-8-14(21)9-22-19(17)27-2)15-7-13-11-25(4-6-29-18(13)23-10-15)20(26)30-16-3-5-28-12-16/h7-10,16H,3-6,11-12H2,1-2H3. The van der Waals surface area contributed by atoms with E-state index >= 15 is 0 Å². The number of amides is 1. The van der Waals surface area contributed by atoms with Gasteiger partial charge >= 0.3 is 6.09 Å². The summed E-state index contributed by atoms with van der Waals surface area (Å²) in [4.78, 5) is 23.6. The molecule has 0 N–H and O–H groups in total. The van der Waals surface area contributed by atoms with E-state index < -0.39 is 0 Å². The van der Waals surface area contributed by atoms with Gasteiger partial charge in [-0.05, 0) is 24.1 Å². The topological polar surface area (TPSA) is 86.3 Å². The Labute approximate surface area is 189 Å². The third kappa shape index (κ3) is 5.25. The molecular formula is C20H23ClN4O5S. The van der Waals surface area contributed by atoms with Crippen LogP contribution in [0, 0.1) is 0 Å². The zero-order valence-corrected chi connectivity index (χ0v) is 18.8. The second-order valence-corrected chi connectivity index (χ2v) is 8.65. The molecule has 0 spiro atoms. The van der Waals surface area contributed by atoms with Gasteiger partial charge < -0.3 is 28.2 Å². The van der Waals surface area contributed by atoms with E-state index in [1.165, 1.54) is 18.1 Å². The number of methoxy groups -OCH3 is 1. The molecule has 1 saturated heterocycles. The number of pyridine rings is 2. The van der Waals surface area contributed by atoms with Crippen molar-refractivity contribution in [2.24, 2.45) is 0 Å². The van der Waals surface area contributed by atoms with Crippen LogP contribution >= 0.6 is 23.5 Å². The first-order chi connectivity index (χ1) is 15.0. The summed E-state index contributed by atoms with van der Waals surface area (Å²) >= 11 is 7.49. The molecule has 0 saturated carbocycles. The van der Waals surface area contributed by atoms with Crippen molar-refractivity contribution in [1.82, 2.24) is 14.9 Å². The second-order valence-electron chi connectivity index (χ2n) is 7.05. The quantitative estimate of drug-likeness (QED) is 0.615. The zero-order valence-electron chi connectivity index (χ0n) is 17.2. The predicted molar refractivity (Wildman–Crippen MR) is 116 cm³/mol. The van der Waals surface area contributed by atoms with E-state index in [9.17, 15) is 4.79 Å². The van der Waals surface area contributed by atoms with Crippen molar-refractivity contribution in [3.8, 4) is 11.8 Å². The number of carbonyl (C=O) groups is 1. The maximum Gasteiger partial charge on any atom is 0.410 e. The Morgan fingerprint density at radius 1 is 1.32 bits per heavy atom. The molecule has 0 aromatic carbocycles. The minimum absolute atomic E-state index is 0.190. The summed E-state index contributed by atoms with van der Waals surface area (Å²) in [5.41, 5.74) is 1.63. The highest BCUT2D eigenvalue weighted by Crippen LogP contribution is 2.35. The smallest absolute Gasteiger partial charge is 0.410 e. The first-order valence-electron chi connectivity index (χ1n) is 9.79. The van der Waals surface area contributed by atoms with Crippen molar-refractivity contribution in [1.29, 1.82) is 0 Å². The van der Waals surface area contributed by atoms with Gasteiger partial charge in [-0.1, -0.05) is 11.6 Å².